The summed E-state index contributed by atoms with van der Waals surface area (Å²) in [4.78, 5) is 11.4. The summed E-state index contributed by atoms with van der Waals surface area (Å²) in [6.45, 7) is 2.35. The van der Waals surface area contributed by atoms with E-state index in [9.17, 15) is 4.79 Å². The average molecular weight is 272 g/mol. The Morgan fingerprint density at radius 2 is 2.13 bits per heavy atom. The van der Waals surface area contributed by atoms with E-state index >= 15 is 0 Å². The third-order valence-corrected chi connectivity index (χ3v) is 2.22. The molecule has 0 heterocycles. The fraction of sp³-hybridized carbons (Fsp3) is 0.364. The SMILES string of the molecule is CC(Oc1ccccc1)C(=O)NCCBr. The van der Waals surface area contributed by atoms with Crippen molar-refractivity contribution in [3.8, 4) is 5.75 Å². The van der Waals surface area contributed by atoms with Gasteiger partial charge in [0.15, 0.2) is 6.10 Å². The lowest BCUT2D eigenvalue weighted by molar-refractivity contribution is -0.127. The van der Waals surface area contributed by atoms with Crippen molar-refractivity contribution in [1.29, 1.82) is 0 Å². The Morgan fingerprint density at radius 1 is 1.47 bits per heavy atom. The number of carbonyl (C=O) groups is 1. The lowest BCUT2D eigenvalue weighted by Gasteiger charge is -2.13. The molecule has 0 aromatic heterocycles. The van der Waals surface area contributed by atoms with Gasteiger partial charge in [0.25, 0.3) is 5.91 Å². The molecule has 0 saturated carbocycles. The molecule has 0 aliphatic carbocycles. The summed E-state index contributed by atoms with van der Waals surface area (Å²) < 4.78 is 5.45. The van der Waals surface area contributed by atoms with Crippen molar-refractivity contribution in [2.75, 3.05) is 11.9 Å². The van der Waals surface area contributed by atoms with Crippen molar-refractivity contribution in [3.05, 3.63) is 30.3 Å². The maximum atomic E-state index is 11.4. The molecular weight excluding hydrogens is 258 g/mol. The predicted octanol–water partition coefficient (Wildman–Crippen LogP) is 1.96. The first kappa shape index (κ1) is 12.0. The monoisotopic (exact) mass is 271 g/mol. The van der Waals surface area contributed by atoms with Crippen LogP contribution in [0.2, 0.25) is 0 Å². The second-order valence-electron chi connectivity index (χ2n) is 3.05. The van der Waals surface area contributed by atoms with E-state index in [4.69, 9.17) is 4.74 Å². The third kappa shape index (κ3) is 4.34. The number of ether oxygens (including phenoxy) is 1. The van der Waals surface area contributed by atoms with Crippen molar-refractivity contribution in [1.82, 2.24) is 5.32 Å². The summed E-state index contributed by atoms with van der Waals surface area (Å²) >= 11 is 3.24. The van der Waals surface area contributed by atoms with Crippen molar-refractivity contribution in [3.63, 3.8) is 0 Å². The van der Waals surface area contributed by atoms with Crippen LogP contribution in [0.4, 0.5) is 0 Å². The van der Waals surface area contributed by atoms with E-state index in [0.29, 0.717) is 12.3 Å². The highest BCUT2D eigenvalue weighted by molar-refractivity contribution is 9.09. The summed E-state index contributed by atoms with van der Waals surface area (Å²) in [6, 6.07) is 9.31. The smallest absolute Gasteiger partial charge is 0.260 e. The van der Waals surface area contributed by atoms with Crippen molar-refractivity contribution in [2.24, 2.45) is 0 Å². The Morgan fingerprint density at radius 3 is 2.73 bits per heavy atom. The van der Waals surface area contributed by atoms with Crippen LogP contribution in [-0.2, 0) is 4.79 Å². The maximum absolute atomic E-state index is 11.4. The number of alkyl halides is 1. The first-order valence-corrected chi connectivity index (χ1v) is 5.91. The van der Waals surface area contributed by atoms with Crippen molar-refractivity contribution < 1.29 is 9.53 Å². The zero-order valence-corrected chi connectivity index (χ0v) is 10.2. The van der Waals surface area contributed by atoms with Crippen LogP contribution in [0, 0.1) is 0 Å². The van der Waals surface area contributed by atoms with Crippen LogP contribution >= 0.6 is 15.9 Å². The Hall–Kier alpha value is -1.03. The predicted molar refractivity (Wildman–Crippen MR) is 63.3 cm³/mol. The lowest BCUT2D eigenvalue weighted by atomic mass is 10.3. The van der Waals surface area contributed by atoms with Crippen LogP contribution in [0.5, 0.6) is 5.75 Å². The van der Waals surface area contributed by atoms with Gasteiger partial charge < -0.3 is 10.1 Å². The highest BCUT2D eigenvalue weighted by Gasteiger charge is 2.13. The van der Waals surface area contributed by atoms with Gasteiger partial charge >= 0.3 is 0 Å². The van der Waals surface area contributed by atoms with Gasteiger partial charge in [-0.1, -0.05) is 34.1 Å². The van der Waals surface area contributed by atoms with E-state index < -0.39 is 6.10 Å². The molecule has 1 N–H and O–H groups in total. The number of para-hydroxylation sites is 1. The Bertz CT molecular complexity index is 303. The van der Waals surface area contributed by atoms with E-state index in [1.165, 1.54) is 0 Å². The van der Waals surface area contributed by atoms with Crippen LogP contribution in [0.1, 0.15) is 6.92 Å². The normalized spacial score (nSPS) is 11.9. The van der Waals surface area contributed by atoms with Gasteiger partial charge in [0.05, 0.1) is 0 Å². The first-order chi connectivity index (χ1) is 7.24. The minimum Gasteiger partial charge on any atom is -0.481 e. The fourth-order valence-corrected chi connectivity index (χ4v) is 1.27. The Labute approximate surface area is 97.9 Å². The van der Waals surface area contributed by atoms with Gasteiger partial charge in [-0.25, -0.2) is 0 Å². The number of benzene rings is 1. The lowest BCUT2D eigenvalue weighted by Crippen LogP contribution is -2.37. The molecule has 1 aromatic rings. The third-order valence-electron chi connectivity index (χ3n) is 1.82. The van der Waals surface area contributed by atoms with Gasteiger partial charge in [0.1, 0.15) is 5.75 Å². The molecule has 1 amide bonds. The molecule has 4 heteroatoms. The minimum absolute atomic E-state index is 0.0988. The number of amides is 1. The molecule has 15 heavy (non-hydrogen) atoms. The number of hydrogen-bond donors (Lipinski definition) is 1. The highest BCUT2D eigenvalue weighted by atomic mass is 79.9. The standard InChI is InChI=1S/C11H14BrNO2/c1-9(11(14)13-8-7-12)15-10-5-3-2-4-6-10/h2-6,9H,7-8H2,1H3,(H,13,14). The van der Waals surface area contributed by atoms with E-state index in [1.54, 1.807) is 6.92 Å². The van der Waals surface area contributed by atoms with Crippen LogP contribution < -0.4 is 10.1 Å². The molecule has 1 atom stereocenters. The van der Waals surface area contributed by atoms with Gasteiger partial charge in [0, 0.05) is 11.9 Å². The molecule has 0 spiro atoms. The van der Waals surface area contributed by atoms with Crippen LogP contribution in [0.3, 0.4) is 0 Å². The van der Waals surface area contributed by atoms with Crippen molar-refractivity contribution >= 4 is 21.8 Å². The molecular formula is C11H14BrNO2. The zero-order chi connectivity index (χ0) is 11.1. The Kier molecular flexibility index (Phi) is 5.18. The second-order valence-corrected chi connectivity index (χ2v) is 3.85. The van der Waals surface area contributed by atoms with Crippen LogP contribution in [0.25, 0.3) is 0 Å². The second kappa shape index (κ2) is 6.45. The van der Waals surface area contributed by atoms with Gasteiger partial charge in [-0.05, 0) is 19.1 Å². The number of halogens is 1. The number of rotatable bonds is 5. The van der Waals surface area contributed by atoms with E-state index in [1.807, 2.05) is 30.3 Å². The largest absolute Gasteiger partial charge is 0.481 e. The van der Waals surface area contributed by atoms with E-state index in [2.05, 4.69) is 21.2 Å². The molecule has 3 nitrogen and oxygen atoms in total. The molecule has 1 unspecified atom stereocenters. The fourth-order valence-electron chi connectivity index (χ4n) is 1.07. The summed E-state index contributed by atoms with van der Waals surface area (Å²) in [7, 11) is 0. The quantitative estimate of drug-likeness (QED) is 0.832. The molecule has 0 radical (unpaired) electrons. The van der Waals surface area contributed by atoms with Crippen LogP contribution in [0.15, 0.2) is 30.3 Å². The van der Waals surface area contributed by atoms with E-state index in [0.717, 1.165) is 5.33 Å². The molecule has 0 aliphatic rings. The van der Waals surface area contributed by atoms with E-state index in [-0.39, 0.29) is 5.91 Å². The summed E-state index contributed by atoms with van der Waals surface area (Å²) in [6.07, 6.45) is -0.466. The first-order valence-electron chi connectivity index (χ1n) is 4.79. The molecule has 0 aliphatic heterocycles. The molecule has 82 valence electrons. The zero-order valence-electron chi connectivity index (χ0n) is 8.57. The minimum atomic E-state index is -0.466. The average Bonchev–Trinajstić information content (AvgIpc) is 2.27. The maximum Gasteiger partial charge on any atom is 0.260 e. The van der Waals surface area contributed by atoms with Crippen LogP contribution in [-0.4, -0.2) is 23.9 Å². The van der Waals surface area contributed by atoms with Gasteiger partial charge in [-0.3, -0.25) is 4.79 Å². The van der Waals surface area contributed by atoms with Gasteiger partial charge in [0.2, 0.25) is 0 Å². The number of hydrogen-bond acceptors (Lipinski definition) is 2. The molecule has 0 fully saturated rings. The number of carbonyl (C=O) groups excluding carboxylic acids is 1. The molecule has 1 aromatic carbocycles. The molecule has 1 rings (SSSR count). The summed E-state index contributed by atoms with van der Waals surface area (Å²) in [5, 5.41) is 3.49. The van der Waals surface area contributed by atoms with Gasteiger partial charge in [-0.15, -0.1) is 0 Å². The summed E-state index contributed by atoms with van der Waals surface area (Å²) in [5.41, 5.74) is 0. The number of nitrogens with one attached hydrogen (secondary N) is 1. The topological polar surface area (TPSA) is 38.3 Å². The van der Waals surface area contributed by atoms with Crippen molar-refractivity contribution in [2.45, 2.75) is 13.0 Å². The highest BCUT2D eigenvalue weighted by Crippen LogP contribution is 2.10. The summed E-state index contributed by atoms with van der Waals surface area (Å²) in [5.74, 6) is 0.609. The molecule has 0 saturated heterocycles. The van der Waals surface area contributed by atoms with Gasteiger partial charge in [-0.2, -0.15) is 0 Å². The molecule has 0 bridgehead atoms. The Balaban J connectivity index is 2.41.